The molecule has 192 valence electrons. The Balaban J connectivity index is 1.63. The molecule has 4 fully saturated rings. The highest BCUT2D eigenvalue weighted by atomic mass is 16.4. The quantitative estimate of drug-likeness (QED) is 0.391. The average molecular weight is 471 g/mol. The number of carboxylic acid groups (broad SMARTS) is 1. The topological polar surface area (TPSA) is 57.5 Å². The highest BCUT2D eigenvalue weighted by Crippen LogP contribution is 2.76. The fraction of sp³-hybridized carbons (Fsp3) is 0.903. The van der Waals surface area contributed by atoms with Gasteiger partial charge in [0.2, 0.25) is 0 Å². The molecule has 3 heteroatoms. The van der Waals surface area contributed by atoms with E-state index in [-0.39, 0.29) is 27.6 Å². The lowest BCUT2D eigenvalue weighted by Gasteiger charge is -2.72. The summed E-state index contributed by atoms with van der Waals surface area (Å²) in [6, 6.07) is 0. The lowest BCUT2D eigenvalue weighted by Crippen LogP contribution is -2.67. The maximum atomic E-state index is 12.7. The van der Waals surface area contributed by atoms with Crippen molar-refractivity contribution in [3.05, 3.63) is 11.6 Å². The second kappa shape index (κ2) is 7.14. The van der Waals surface area contributed by atoms with Gasteiger partial charge in [-0.2, -0.15) is 0 Å². The number of carboxylic acids is 1. The molecule has 2 N–H and O–H groups in total. The molecule has 4 saturated carbocycles. The maximum Gasteiger partial charge on any atom is 0.307 e. The van der Waals surface area contributed by atoms with Crippen molar-refractivity contribution in [2.75, 3.05) is 0 Å². The number of hydrogen-bond donors (Lipinski definition) is 2. The van der Waals surface area contributed by atoms with Crippen molar-refractivity contribution in [3.63, 3.8) is 0 Å². The molecule has 0 radical (unpaired) electrons. The molecule has 0 amide bonds. The molecule has 0 heterocycles. The smallest absolute Gasteiger partial charge is 0.307 e. The van der Waals surface area contributed by atoms with Crippen LogP contribution in [0.3, 0.4) is 0 Å². The monoisotopic (exact) mass is 470 g/mol. The van der Waals surface area contributed by atoms with Crippen LogP contribution >= 0.6 is 0 Å². The summed E-state index contributed by atoms with van der Waals surface area (Å²) in [5.41, 5.74) is 2.28. The summed E-state index contributed by atoms with van der Waals surface area (Å²) in [5, 5.41) is 21.5. The number of aliphatic hydroxyl groups excluding tert-OH is 1. The van der Waals surface area contributed by atoms with Gasteiger partial charge in [-0.25, -0.2) is 0 Å². The SMILES string of the molecule is CC1(C)CC[C@]2(C)CC[C@]3(C)C(=CC[C@@H]4[C@@]5(C)C(C(=O)O)C[C@H](O)C(C)(C)[C@@H]5CC[C@]43C)[C@@H]2C1. The molecule has 0 aromatic rings. The first-order chi connectivity index (χ1) is 15.5. The predicted molar refractivity (Wildman–Crippen MR) is 137 cm³/mol. The van der Waals surface area contributed by atoms with Crippen LogP contribution in [0.15, 0.2) is 11.6 Å². The van der Waals surface area contributed by atoms with E-state index in [1.54, 1.807) is 5.57 Å². The van der Waals surface area contributed by atoms with Gasteiger partial charge in [0.15, 0.2) is 0 Å². The summed E-state index contributed by atoms with van der Waals surface area (Å²) in [7, 11) is 0. The standard InChI is InChI=1S/C31H50O3/c1-26(2)13-14-28(5)15-16-29(6)19(21(28)18-26)9-10-23-30(29,7)12-11-22-27(3,4)24(32)17-20(25(33)34)31(22,23)8/h9,20-24,32H,10-18H2,1-8H3,(H,33,34)/t20?,21-,22-,23-,24-,28+,29+,30+,31-/m0/s1. The number of fused-ring (bicyclic) bond motifs is 7. The van der Waals surface area contributed by atoms with Gasteiger partial charge in [0.25, 0.3) is 0 Å². The first-order valence-corrected chi connectivity index (χ1v) is 14.1. The van der Waals surface area contributed by atoms with Crippen LogP contribution in [0.2, 0.25) is 0 Å². The minimum atomic E-state index is -0.698. The Hall–Kier alpha value is -0.830. The van der Waals surface area contributed by atoms with Gasteiger partial charge in [0.1, 0.15) is 0 Å². The Morgan fingerprint density at radius 3 is 2.21 bits per heavy atom. The van der Waals surface area contributed by atoms with Crippen LogP contribution in [0.1, 0.15) is 113 Å². The van der Waals surface area contributed by atoms with E-state index in [4.69, 9.17) is 0 Å². The summed E-state index contributed by atoms with van der Waals surface area (Å²) >= 11 is 0. The average Bonchev–Trinajstić information content (AvgIpc) is 2.72. The van der Waals surface area contributed by atoms with Gasteiger partial charge in [0, 0.05) is 0 Å². The van der Waals surface area contributed by atoms with Gasteiger partial charge in [-0.3, -0.25) is 4.79 Å². The summed E-state index contributed by atoms with van der Waals surface area (Å²) < 4.78 is 0. The van der Waals surface area contributed by atoms with Crippen LogP contribution in [-0.2, 0) is 4.79 Å². The summed E-state index contributed by atoms with van der Waals surface area (Å²) in [4.78, 5) is 12.7. The van der Waals surface area contributed by atoms with Crippen LogP contribution in [0.4, 0.5) is 0 Å². The van der Waals surface area contributed by atoms with Crippen LogP contribution in [-0.4, -0.2) is 22.3 Å². The number of hydrogen-bond acceptors (Lipinski definition) is 2. The van der Waals surface area contributed by atoms with Crippen molar-refractivity contribution in [2.45, 2.75) is 119 Å². The van der Waals surface area contributed by atoms with Crippen molar-refractivity contribution in [1.82, 2.24) is 0 Å². The molecule has 0 aromatic heterocycles. The zero-order chi connectivity index (χ0) is 25.1. The molecule has 0 aliphatic heterocycles. The summed E-state index contributed by atoms with van der Waals surface area (Å²) in [6.45, 7) is 19.3. The lowest BCUT2D eigenvalue weighted by molar-refractivity contribution is -0.230. The van der Waals surface area contributed by atoms with Gasteiger partial charge in [-0.05, 0) is 108 Å². The molecular weight excluding hydrogens is 420 g/mol. The van der Waals surface area contributed by atoms with Gasteiger partial charge < -0.3 is 10.2 Å². The fourth-order valence-corrected chi connectivity index (χ4v) is 10.8. The van der Waals surface area contributed by atoms with E-state index in [2.05, 4.69) is 61.5 Å². The molecule has 0 bridgehead atoms. The van der Waals surface area contributed by atoms with Crippen molar-refractivity contribution < 1.29 is 15.0 Å². The van der Waals surface area contributed by atoms with Crippen molar-refractivity contribution >= 4 is 5.97 Å². The molecule has 5 rings (SSSR count). The zero-order valence-corrected chi connectivity index (χ0v) is 23.1. The normalized spacial score (nSPS) is 53.4. The minimum absolute atomic E-state index is 0.108. The molecule has 3 nitrogen and oxygen atoms in total. The van der Waals surface area contributed by atoms with Crippen molar-refractivity contribution in [2.24, 2.45) is 56.2 Å². The molecule has 0 spiro atoms. The van der Waals surface area contributed by atoms with E-state index in [0.717, 1.165) is 19.3 Å². The third-order valence-electron chi connectivity index (χ3n) is 13.5. The summed E-state index contributed by atoms with van der Waals surface area (Å²) in [6.07, 6.45) is 12.2. The number of allylic oxidation sites excluding steroid dienone is 2. The van der Waals surface area contributed by atoms with E-state index >= 15 is 0 Å². The second-order valence-corrected chi connectivity index (χ2v) is 15.7. The fourth-order valence-electron chi connectivity index (χ4n) is 10.8. The Morgan fingerprint density at radius 2 is 1.56 bits per heavy atom. The Morgan fingerprint density at radius 1 is 0.912 bits per heavy atom. The van der Waals surface area contributed by atoms with E-state index in [9.17, 15) is 15.0 Å². The number of aliphatic carboxylic acids is 1. The Labute approximate surface area is 208 Å². The van der Waals surface area contributed by atoms with Crippen LogP contribution in [0, 0.1) is 56.2 Å². The van der Waals surface area contributed by atoms with Crippen molar-refractivity contribution in [3.8, 4) is 0 Å². The highest BCUT2D eigenvalue weighted by molar-refractivity contribution is 5.72. The van der Waals surface area contributed by atoms with Crippen molar-refractivity contribution in [1.29, 1.82) is 0 Å². The molecule has 1 unspecified atom stereocenters. The molecule has 0 aromatic carbocycles. The highest BCUT2D eigenvalue weighted by Gasteiger charge is 2.70. The first kappa shape index (κ1) is 24.8. The van der Waals surface area contributed by atoms with Crippen LogP contribution in [0.25, 0.3) is 0 Å². The Kier molecular flexibility index (Phi) is 5.22. The zero-order valence-electron chi connectivity index (χ0n) is 23.1. The van der Waals surface area contributed by atoms with Gasteiger partial charge in [-0.1, -0.05) is 67.0 Å². The predicted octanol–water partition coefficient (Wildman–Crippen LogP) is 7.48. The molecule has 5 aliphatic carbocycles. The van der Waals surface area contributed by atoms with Gasteiger partial charge in [0.05, 0.1) is 12.0 Å². The number of rotatable bonds is 1. The van der Waals surface area contributed by atoms with Crippen LogP contribution in [0.5, 0.6) is 0 Å². The van der Waals surface area contributed by atoms with Gasteiger partial charge >= 0.3 is 5.97 Å². The van der Waals surface area contributed by atoms with E-state index in [1.807, 2.05) is 0 Å². The Bertz CT molecular complexity index is 916. The molecule has 9 atom stereocenters. The third-order valence-corrected chi connectivity index (χ3v) is 13.5. The number of aliphatic hydroxyl groups is 1. The van der Waals surface area contributed by atoms with E-state index in [1.165, 1.54) is 32.1 Å². The maximum absolute atomic E-state index is 12.7. The van der Waals surface area contributed by atoms with Crippen LogP contribution < -0.4 is 0 Å². The second-order valence-electron chi connectivity index (χ2n) is 15.7. The summed E-state index contributed by atoms with van der Waals surface area (Å²) in [5.74, 6) is 0.0890. The molecule has 5 aliphatic rings. The van der Waals surface area contributed by atoms with Gasteiger partial charge in [-0.15, -0.1) is 0 Å². The van der Waals surface area contributed by atoms with E-state index < -0.39 is 18.0 Å². The van der Waals surface area contributed by atoms with E-state index in [0.29, 0.717) is 29.1 Å². The minimum Gasteiger partial charge on any atom is -0.481 e. The lowest BCUT2D eigenvalue weighted by atomic mass is 9.32. The molecule has 34 heavy (non-hydrogen) atoms. The largest absolute Gasteiger partial charge is 0.481 e. The molecular formula is C31H50O3. The third kappa shape index (κ3) is 2.94. The first-order valence-electron chi connectivity index (χ1n) is 14.1. The molecule has 0 saturated heterocycles. The number of carbonyl (C=O) groups is 1.